The average molecular weight is 667 g/mol. The zero-order valence-electron chi connectivity index (χ0n) is 25.6. The summed E-state index contributed by atoms with van der Waals surface area (Å²) in [6.07, 6.45) is 3.16. The first-order valence-electron chi connectivity index (χ1n) is 15.2. The van der Waals surface area contributed by atoms with Gasteiger partial charge in [0.05, 0.1) is 6.04 Å². The second-order valence-corrected chi connectivity index (χ2v) is 14.6. The third kappa shape index (κ3) is 8.26. The SMILES string of the molecule is CC(C)(C)[C@H](NC(=O)N[C@H](C(=O)N1CCC(C(Cl)Cl)[C@H]1C(=O)NC(CC1CC1)C(=O)C(N)=O)C1Cc2ccccc2C1)C(=O)O. The lowest BCUT2D eigenvalue weighted by Gasteiger charge is -2.34. The summed E-state index contributed by atoms with van der Waals surface area (Å²) in [5.41, 5.74) is 6.46. The molecule has 14 heteroatoms. The lowest BCUT2D eigenvalue weighted by Crippen LogP contribution is -2.61. The molecule has 0 aromatic heterocycles. The van der Waals surface area contributed by atoms with Crippen LogP contribution in [0.3, 0.4) is 0 Å². The molecule has 6 N–H and O–H groups in total. The fourth-order valence-electron chi connectivity index (χ4n) is 6.36. The quantitative estimate of drug-likeness (QED) is 0.167. The minimum atomic E-state index is -1.25. The summed E-state index contributed by atoms with van der Waals surface area (Å²) in [5.74, 6) is -5.52. The molecule has 0 spiro atoms. The highest BCUT2D eigenvalue weighted by Crippen LogP contribution is 2.37. The number of nitrogens with zero attached hydrogens (tertiary/aromatic N) is 1. The Morgan fingerprint density at radius 3 is 2.07 bits per heavy atom. The van der Waals surface area contributed by atoms with Gasteiger partial charge in [-0.05, 0) is 54.1 Å². The Bertz CT molecular complexity index is 1320. The zero-order chi connectivity index (χ0) is 33.2. The molecule has 0 radical (unpaired) electrons. The number of Topliss-reactive ketones (excluding diaryl/α,β-unsaturated/α-hetero) is 1. The van der Waals surface area contributed by atoms with Crippen molar-refractivity contribution >= 4 is 58.7 Å². The fraction of sp³-hybridized carbons (Fsp3) is 0.613. The standard InChI is InChI=1S/C31H41Cl2N5O7/c1-31(2,3)24(29(43)44)37-30(45)36-21(18-13-16-6-4-5-7-17(16)14-18)28(42)38-11-10-19(25(32)33)22(38)27(41)35-20(12-15-8-9-15)23(39)26(34)40/h4-7,15,18-22,24-25H,8-14H2,1-3H3,(H2,34,40)(H,35,41)(H,43,44)(H2,36,37,45)/t19?,20?,21-,22-,24+/m0/s1. The van der Waals surface area contributed by atoms with Gasteiger partial charge in [-0.1, -0.05) is 57.9 Å². The van der Waals surface area contributed by atoms with E-state index in [1.54, 1.807) is 20.8 Å². The molecule has 2 aliphatic carbocycles. The highest BCUT2D eigenvalue weighted by Gasteiger charge is 2.49. The number of alkyl halides is 2. The van der Waals surface area contributed by atoms with Crippen molar-refractivity contribution in [1.29, 1.82) is 0 Å². The Morgan fingerprint density at radius 2 is 1.58 bits per heavy atom. The van der Waals surface area contributed by atoms with E-state index >= 15 is 0 Å². The number of halogens is 2. The van der Waals surface area contributed by atoms with Crippen molar-refractivity contribution in [3.05, 3.63) is 35.4 Å². The first kappa shape index (κ1) is 34.5. The third-order valence-electron chi connectivity index (χ3n) is 8.96. The van der Waals surface area contributed by atoms with E-state index in [1.165, 1.54) is 4.90 Å². The van der Waals surface area contributed by atoms with Gasteiger partial charge in [0.2, 0.25) is 17.6 Å². The largest absolute Gasteiger partial charge is 0.480 e. The van der Waals surface area contributed by atoms with Crippen LogP contribution in [0.1, 0.15) is 57.6 Å². The molecule has 1 aromatic rings. The predicted octanol–water partition coefficient (Wildman–Crippen LogP) is 1.93. The van der Waals surface area contributed by atoms with E-state index in [-0.39, 0.29) is 25.3 Å². The van der Waals surface area contributed by atoms with Crippen LogP contribution >= 0.6 is 23.2 Å². The number of ketones is 1. The summed E-state index contributed by atoms with van der Waals surface area (Å²) >= 11 is 12.6. The maximum Gasteiger partial charge on any atom is 0.326 e. The third-order valence-corrected chi connectivity index (χ3v) is 9.60. The van der Waals surface area contributed by atoms with Crippen LogP contribution in [0.15, 0.2) is 24.3 Å². The molecule has 1 heterocycles. The van der Waals surface area contributed by atoms with Crippen molar-refractivity contribution in [1.82, 2.24) is 20.9 Å². The van der Waals surface area contributed by atoms with Crippen LogP contribution in [0.25, 0.3) is 0 Å². The number of likely N-dealkylation sites (tertiary alicyclic amines) is 1. The van der Waals surface area contributed by atoms with Crippen molar-refractivity contribution in [3.63, 3.8) is 0 Å². The number of amides is 5. The number of rotatable bonds is 12. The second-order valence-electron chi connectivity index (χ2n) is 13.4. The van der Waals surface area contributed by atoms with E-state index in [4.69, 9.17) is 28.9 Å². The molecule has 2 unspecified atom stereocenters. The number of primary amides is 1. The Labute approximate surface area is 272 Å². The summed E-state index contributed by atoms with van der Waals surface area (Å²) in [4.78, 5) is 78.0. The van der Waals surface area contributed by atoms with Crippen LogP contribution in [0.4, 0.5) is 4.79 Å². The smallest absolute Gasteiger partial charge is 0.326 e. The molecular formula is C31H41Cl2N5O7. The molecule has 5 atom stereocenters. The van der Waals surface area contributed by atoms with Gasteiger partial charge in [-0.25, -0.2) is 9.59 Å². The van der Waals surface area contributed by atoms with Gasteiger partial charge < -0.3 is 31.7 Å². The Balaban J connectivity index is 1.62. The number of carbonyl (C=O) groups excluding carboxylic acids is 5. The summed E-state index contributed by atoms with van der Waals surface area (Å²) in [7, 11) is 0. The van der Waals surface area contributed by atoms with Gasteiger partial charge in [0.25, 0.3) is 5.91 Å². The molecule has 45 heavy (non-hydrogen) atoms. The summed E-state index contributed by atoms with van der Waals surface area (Å²) < 4.78 is 0. The van der Waals surface area contributed by atoms with E-state index in [0.29, 0.717) is 12.8 Å². The number of carboxylic acid groups (broad SMARTS) is 1. The molecule has 4 rings (SSSR count). The van der Waals surface area contributed by atoms with Crippen molar-refractivity contribution in [2.75, 3.05) is 6.54 Å². The van der Waals surface area contributed by atoms with Gasteiger partial charge in [-0.3, -0.25) is 19.2 Å². The van der Waals surface area contributed by atoms with Crippen LogP contribution in [-0.2, 0) is 36.8 Å². The first-order valence-corrected chi connectivity index (χ1v) is 16.0. The number of carboxylic acids is 1. The molecule has 0 bridgehead atoms. The van der Waals surface area contributed by atoms with Gasteiger partial charge in [0.1, 0.15) is 23.0 Å². The molecule has 1 aliphatic heterocycles. The summed E-state index contributed by atoms with van der Waals surface area (Å²) in [6, 6.07) is 2.08. The van der Waals surface area contributed by atoms with E-state index in [2.05, 4.69) is 16.0 Å². The number of benzene rings is 1. The molecule has 1 saturated heterocycles. The lowest BCUT2D eigenvalue weighted by atomic mass is 9.87. The molecular weight excluding hydrogens is 625 g/mol. The van der Waals surface area contributed by atoms with Crippen molar-refractivity contribution < 1.29 is 33.9 Å². The monoisotopic (exact) mass is 665 g/mol. The molecule has 5 amide bonds. The summed E-state index contributed by atoms with van der Waals surface area (Å²) in [5, 5.41) is 17.6. The van der Waals surface area contributed by atoms with Gasteiger partial charge >= 0.3 is 12.0 Å². The Kier molecular flexibility index (Phi) is 10.7. The van der Waals surface area contributed by atoms with Gasteiger partial charge in [-0.2, -0.15) is 0 Å². The number of hydrogen-bond donors (Lipinski definition) is 5. The second kappa shape index (κ2) is 13.9. The fourth-order valence-corrected chi connectivity index (χ4v) is 6.89. The topological polar surface area (TPSA) is 188 Å². The van der Waals surface area contributed by atoms with Crippen molar-refractivity contribution in [3.8, 4) is 0 Å². The number of aliphatic carboxylic acids is 1. The highest BCUT2D eigenvalue weighted by atomic mass is 35.5. The Morgan fingerprint density at radius 1 is 0.978 bits per heavy atom. The van der Waals surface area contributed by atoms with Crippen LogP contribution in [0.5, 0.6) is 0 Å². The van der Waals surface area contributed by atoms with E-state index in [0.717, 1.165) is 24.0 Å². The number of nitrogens with two attached hydrogens (primary N) is 1. The molecule has 1 saturated carbocycles. The normalized spacial score (nSPS) is 21.9. The number of fused-ring (bicyclic) bond motifs is 1. The minimum Gasteiger partial charge on any atom is -0.480 e. The maximum atomic E-state index is 14.4. The minimum absolute atomic E-state index is 0.0911. The van der Waals surface area contributed by atoms with Crippen molar-refractivity contribution in [2.24, 2.45) is 28.9 Å². The van der Waals surface area contributed by atoms with Crippen LogP contribution < -0.4 is 21.7 Å². The average Bonchev–Trinajstić information content (AvgIpc) is 3.48. The lowest BCUT2D eigenvalue weighted by molar-refractivity contribution is -0.143. The first-order chi connectivity index (χ1) is 21.1. The molecule has 12 nitrogen and oxygen atoms in total. The van der Waals surface area contributed by atoms with Crippen LogP contribution in [-0.4, -0.2) is 81.1 Å². The van der Waals surface area contributed by atoms with Gasteiger partial charge in [0.15, 0.2) is 0 Å². The maximum absolute atomic E-state index is 14.4. The Hall–Kier alpha value is -3.38. The number of hydrogen-bond acceptors (Lipinski definition) is 6. The number of carbonyl (C=O) groups is 6. The molecule has 246 valence electrons. The molecule has 2 fully saturated rings. The van der Waals surface area contributed by atoms with Crippen LogP contribution in [0, 0.1) is 23.2 Å². The highest BCUT2D eigenvalue weighted by molar-refractivity contribution is 6.44. The van der Waals surface area contributed by atoms with E-state index in [1.807, 2.05) is 24.3 Å². The zero-order valence-corrected chi connectivity index (χ0v) is 27.1. The molecule has 1 aromatic carbocycles. The number of urea groups is 1. The summed E-state index contributed by atoms with van der Waals surface area (Å²) in [6.45, 7) is 5.10. The van der Waals surface area contributed by atoms with E-state index < -0.39 is 81.8 Å². The van der Waals surface area contributed by atoms with Gasteiger partial charge in [0, 0.05) is 12.5 Å². The predicted molar refractivity (Wildman–Crippen MR) is 166 cm³/mol. The number of nitrogens with one attached hydrogen (secondary N) is 3. The van der Waals surface area contributed by atoms with Crippen molar-refractivity contribution in [2.45, 2.75) is 88.3 Å². The molecule has 3 aliphatic rings. The van der Waals surface area contributed by atoms with E-state index in [9.17, 15) is 33.9 Å². The van der Waals surface area contributed by atoms with Gasteiger partial charge in [-0.15, -0.1) is 23.2 Å². The van der Waals surface area contributed by atoms with Crippen LogP contribution in [0.2, 0.25) is 0 Å².